The molecule has 0 aromatic heterocycles. The Kier molecular flexibility index (Phi) is 24.0. The van der Waals surface area contributed by atoms with E-state index in [1.165, 1.54) is 0 Å². The number of hydrogen-bond acceptors (Lipinski definition) is 19. The van der Waals surface area contributed by atoms with E-state index in [2.05, 4.69) is 19.7 Å². The van der Waals surface area contributed by atoms with Crippen molar-refractivity contribution in [1.29, 1.82) is 15.8 Å². The van der Waals surface area contributed by atoms with Crippen LogP contribution in [0.15, 0.2) is 146 Å². The van der Waals surface area contributed by atoms with Crippen LogP contribution in [-0.4, -0.2) is 96.6 Å². The van der Waals surface area contributed by atoms with Gasteiger partial charge in [-0.2, -0.15) is 15.8 Å². The SMILES string of the molecule is C=CC(=O)OCCCOC(=O)/C(C#N)=C(\N)c1ccc(N(C)c2cc(N(C)c3ccc(/C(Cl)=C(\C#N)C(=O)OCCCOC(=O)C=C)cc3)cc(N(C)c3ccc(/C(Cl)=C(\C#N)C(=O)OCCCOC(=O)C=C)cc3)c2)cc1. The van der Waals surface area contributed by atoms with E-state index in [4.69, 9.17) is 57.4 Å². The molecule has 0 saturated heterocycles. The van der Waals surface area contributed by atoms with Gasteiger partial charge in [0, 0.05) is 92.8 Å². The molecule has 402 valence electrons. The largest absolute Gasteiger partial charge is 0.462 e. The number of anilines is 6. The summed E-state index contributed by atoms with van der Waals surface area (Å²) in [5.74, 6) is -4.70. The van der Waals surface area contributed by atoms with Crippen LogP contribution in [0.4, 0.5) is 34.1 Å². The average Bonchev–Trinajstić information content (AvgIpc) is 3.47. The van der Waals surface area contributed by atoms with Crippen LogP contribution in [0.3, 0.4) is 0 Å². The number of nitriles is 3. The second kappa shape index (κ2) is 30.7. The molecule has 4 rings (SSSR count). The predicted octanol–water partition coefficient (Wildman–Crippen LogP) is 9.12. The number of hydrogen-bond donors (Lipinski definition) is 1. The number of ether oxygens (including phenoxy) is 6. The Balaban J connectivity index is 1.67. The van der Waals surface area contributed by atoms with E-state index < -0.39 is 52.5 Å². The molecule has 21 heteroatoms. The van der Waals surface area contributed by atoms with Crippen LogP contribution >= 0.6 is 23.2 Å². The number of halogens is 2. The molecular formula is C57H53Cl2N7O12. The zero-order valence-electron chi connectivity index (χ0n) is 42.8. The van der Waals surface area contributed by atoms with Crippen LogP contribution < -0.4 is 20.4 Å². The molecule has 0 aliphatic heterocycles. The molecule has 0 bridgehead atoms. The minimum atomic E-state index is -0.948. The zero-order valence-corrected chi connectivity index (χ0v) is 44.3. The predicted molar refractivity (Wildman–Crippen MR) is 294 cm³/mol. The molecule has 0 saturated carbocycles. The summed E-state index contributed by atoms with van der Waals surface area (Å²) in [6.45, 7) is 9.50. The number of esters is 6. The quantitative estimate of drug-likeness (QED) is 0.0192. The molecule has 0 fully saturated rings. The fourth-order valence-corrected chi connectivity index (χ4v) is 7.23. The van der Waals surface area contributed by atoms with E-state index in [1.807, 2.05) is 72.2 Å². The Morgan fingerprint density at radius 2 is 0.705 bits per heavy atom. The highest BCUT2D eigenvalue weighted by atomic mass is 35.5. The monoisotopic (exact) mass is 1100 g/mol. The highest BCUT2D eigenvalue weighted by Crippen LogP contribution is 2.38. The summed E-state index contributed by atoms with van der Waals surface area (Å²) in [7, 11) is 5.49. The minimum Gasteiger partial charge on any atom is -0.462 e. The molecule has 0 radical (unpaired) electrons. The van der Waals surface area contributed by atoms with E-state index in [0.29, 0.717) is 50.8 Å². The van der Waals surface area contributed by atoms with Gasteiger partial charge in [-0.3, -0.25) is 0 Å². The lowest BCUT2D eigenvalue weighted by Crippen LogP contribution is -2.16. The van der Waals surface area contributed by atoms with Crippen LogP contribution in [0, 0.1) is 34.0 Å². The molecule has 4 aromatic rings. The van der Waals surface area contributed by atoms with Gasteiger partial charge in [-0.05, 0) is 71.3 Å². The van der Waals surface area contributed by atoms with Gasteiger partial charge in [0.15, 0.2) is 16.7 Å². The van der Waals surface area contributed by atoms with Gasteiger partial charge in [0.25, 0.3) is 0 Å². The molecule has 0 aliphatic carbocycles. The molecule has 19 nitrogen and oxygen atoms in total. The molecule has 0 unspecified atom stereocenters. The first kappa shape index (κ1) is 60.9. The number of rotatable bonds is 27. The van der Waals surface area contributed by atoms with Gasteiger partial charge in [-0.15, -0.1) is 0 Å². The lowest BCUT2D eigenvalue weighted by atomic mass is 10.1. The maximum absolute atomic E-state index is 12.8. The van der Waals surface area contributed by atoms with Crippen molar-refractivity contribution in [2.24, 2.45) is 5.73 Å². The Labute approximate surface area is 461 Å². The van der Waals surface area contributed by atoms with Crippen molar-refractivity contribution >= 4 is 109 Å². The molecule has 0 spiro atoms. The fraction of sp³-hybridized carbons (Fsp3) is 0.211. The van der Waals surface area contributed by atoms with Gasteiger partial charge in [0.05, 0.1) is 55.4 Å². The third kappa shape index (κ3) is 17.2. The van der Waals surface area contributed by atoms with Gasteiger partial charge in [0.1, 0.15) is 18.2 Å². The highest BCUT2D eigenvalue weighted by molar-refractivity contribution is 6.52. The van der Waals surface area contributed by atoms with Crippen LogP contribution in [0.2, 0.25) is 0 Å². The van der Waals surface area contributed by atoms with Gasteiger partial charge < -0.3 is 48.9 Å². The number of benzene rings is 4. The summed E-state index contributed by atoms with van der Waals surface area (Å²) in [5, 5.41) is 29.3. The molecule has 0 aliphatic rings. The first-order valence-corrected chi connectivity index (χ1v) is 24.2. The minimum absolute atomic E-state index is 0.0194. The van der Waals surface area contributed by atoms with Gasteiger partial charge in [0.2, 0.25) is 0 Å². The van der Waals surface area contributed by atoms with Crippen molar-refractivity contribution in [3.63, 3.8) is 0 Å². The molecule has 0 heterocycles. The number of nitrogens with two attached hydrogens (primary N) is 1. The maximum atomic E-state index is 12.8. The summed E-state index contributed by atoms with van der Waals surface area (Å²) in [4.78, 5) is 78.0. The normalized spacial score (nSPS) is 11.4. The standard InChI is InChI=1S/C57H53Cl2N7O12/c1-7-49(67)73-25-10-28-76-55(70)46(34-60)52(58)37-13-19-40(20-14-37)64(4)43-31-44(65(5)41-21-15-38(16-22-41)53(59)47(35-61)56(71)77-29-11-26-74-50(68)8-2)33-45(32-43)66(6)42-23-17-39(18-24-42)54(63)48(36-62)57(72)78-30-12-27-75-51(69)9-3/h7-9,13-24,31-33H,1-3,10-12,25-30,63H2,4-6H3/b52-46-,53-47-,54-48-. The van der Waals surface area contributed by atoms with Crippen LogP contribution in [0.1, 0.15) is 36.0 Å². The van der Waals surface area contributed by atoms with Crippen molar-refractivity contribution in [2.45, 2.75) is 19.3 Å². The second-order valence-electron chi connectivity index (χ2n) is 16.1. The summed E-state index contributed by atoms with van der Waals surface area (Å²) in [6, 6.07) is 31.6. The van der Waals surface area contributed by atoms with E-state index in [1.54, 1.807) is 72.8 Å². The molecular weight excluding hydrogens is 1050 g/mol. The van der Waals surface area contributed by atoms with Gasteiger partial charge in [-0.25, -0.2) is 28.8 Å². The summed E-state index contributed by atoms with van der Waals surface area (Å²) < 4.78 is 30.2. The van der Waals surface area contributed by atoms with E-state index in [9.17, 15) is 44.6 Å². The van der Waals surface area contributed by atoms with Crippen molar-refractivity contribution in [3.05, 3.63) is 162 Å². The lowest BCUT2D eigenvalue weighted by Gasteiger charge is -2.28. The maximum Gasteiger partial charge on any atom is 0.351 e. The van der Waals surface area contributed by atoms with Gasteiger partial charge >= 0.3 is 35.8 Å². The topological polar surface area (TPSA) is 265 Å². The van der Waals surface area contributed by atoms with E-state index in [-0.39, 0.29) is 74.7 Å². The second-order valence-corrected chi connectivity index (χ2v) is 16.9. The van der Waals surface area contributed by atoms with Gasteiger partial charge in [-0.1, -0.05) is 79.3 Å². The zero-order chi connectivity index (χ0) is 57.3. The molecule has 0 amide bonds. The summed E-state index contributed by atoms with van der Waals surface area (Å²) in [6.07, 6.45) is 3.59. The van der Waals surface area contributed by atoms with Crippen LogP contribution in [-0.2, 0) is 57.2 Å². The highest BCUT2D eigenvalue weighted by Gasteiger charge is 2.22. The molecule has 0 atom stereocenters. The third-order valence-electron chi connectivity index (χ3n) is 11.1. The third-order valence-corrected chi connectivity index (χ3v) is 11.9. The van der Waals surface area contributed by atoms with Crippen molar-refractivity contribution in [3.8, 4) is 18.2 Å². The lowest BCUT2D eigenvalue weighted by molar-refractivity contribution is -0.142. The Hall–Kier alpha value is -9.61. The number of carbonyl (C=O) groups excluding carboxylic acids is 6. The average molecular weight is 1100 g/mol. The van der Waals surface area contributed by atoms with Crippen LogP contribution in [0.25, 0.3) is 15.8 Å². The summed E-state index contributed by atoms with van der Waals surface area (Å²) in [5.41, 5.74) is 10.2. The fourth-order valence-electron chi connectivity index (χ4n) is 6.74. The molecule has 2 N–H and O–H groups in total. The number of carbonyl (C=O) groups is 6. The van der Waals surface area contributed by atoms with Crippen molar-refractivity contribution in [2.75, 3.05) is 75.5 Å². The first-order valence-electron chi connectivity index (χ1n) is 23.5. The van der Waals surface area contributed by atoms with E-state index >= 15 is 0 Å². The summed E-state index contributed by atoms with van der Waals surface area (Å²) >= 11 is 13.2. The van der Waals surface area contributed by atoms with Crippen molar-refractivity contribution in [1.82, 2.24) is 0 Å². The number of nitrogens with zero attached hydrogens (tertiary/aromatic N) is 6. The Morgan fingerprint density at radius 3 is 0.974 bits per heavy atom. The van der Waals surface area contributed by atoms with Crippen molar-refractivity contribution < 1.29 is 57.2 Å². The first-order chi connectivity index (χ1) is 37.4. The van der Waals surface area contributed by atoms with E-state index in [0.717, 1.165) is 18.2 Å². The molecule has 4 aromatic carbocycles. The molecule has 78 heavy (non-hydrogen) atoms. The Morgan fingerprint density at radius 1 is 0.449 bits per heavy atom. The smallest absolute Gasteiger partial charge is 0.351 e. The Bertz CT molecular complexity index is 2790. The van der Waals surface area contributed by atoms with Crippen LogP contribution in [0.5, 0.6) is 0 Å².